The van der Waals surface area contributed by atoms with E-state index in [0.29, 0.717) is 37.0 Å². The van der Waals surface area contributed by atoms with E-state index in [4.69, 9.17) is 14.2 Å². The Labute approximate surface area is 146 Å². The second-order valence-corrected chi connectivity index (χ2v) is 5.08. The molecule has 0 saturated heterocycles. The highest BCUT2D eigenvalue weighted by atomic mass is 16.5. The zero-order chi connectivity index (χ0) is 18.1. The molecule has 134 valence electrons. The standard InChI is InChI=1S/C17H22N4O4/c1-23-7-6-18-17(22)13-10-21-16(11-19-13)20-9-12-4-5-14(24-2)15(8-12)25-3/h4-5,8,10-11H,6-7,9H2,1-3H3,(H,18,22)(H,20,21). The highest BCUT2D eigenvalue weighted by Crippen LogP contribution is 2.27. The first-order valence-corrected chi connectivity index (χ1v) is 7.72. The van der Waals surface area contributed by atoms with Crippen LogP contribution in [0.25, 0.3) is 0 Å². The number of rotatable bonds is 9. The van der Waals surface area contributed by atoms with Gasteiger partial charge in [-0.3, -0.25) is 4.79 Å². The van der Waals surface area contributed by atoms with Crippen LogP contribution in [-0.4, -0.2) is 50.4 Å². The molecule has 8 nitrogen and oxygen atoms in total. The molecule has 0 aliphatic heterocycles. The molecule has 0 unspecified atom stereocenters. The maximum Gasteiger partial charge on any atom is 0.271 e. The average molecular weight is 346 g/mol. The molecule has 0 aliphatic carbocycles. The number of hydrogen-bond acceptors (Lipinski definition) is 7. The molecule has 0 bridgehead atoms. The molecule has 2 N–H and O–H groups in total. The quantitative estimate of drug-likeness (QED) is 0.664. The van der Waals surface area contributed by atoms with Crippen LogP contribution in [0.3, 0.4) is 0 Å². The molecular formula is C17H22N4O4. The number of methoxy groups -OCH3 is 3. The SMILES string of the molecule is COCCNC(=O)c1cnc(NCc2ccc(OC)c(OC)c2)cn1. The van der Waals surface area contributed by atoms with E-state index < -0.39 is 0 Å². The summed E-state index contributed by atoms with van der Waals surface area (Å²) in [4.78, 5) is 20.1. The number of amides is 1. The fraction of sp³-hybridized carbons (Fsp3) is 0.353. The largest absolute Gasteiger partial charge is 0.493 e. The molecule has 2 rings (SSSR count). The third kappa shape index (κ3) is 5.32. The van der Waals surface area contributed by atoms with Gasteiger partial charge in [0.2, 0.25) is 0 Å². The summed E-state index contributed by atoms with van der Waals surface area (Å²) in [6, 6.07) is 5.66. The van der Waals surface area contributed by atoms with Gasteiger partial charge in [-0.05, 0) is 17.7 Å². The van der Waals surface area contributed by atoms with Crippen molar-refractivity contribution in [1.29, 1.82) is 0 Å². The van der Waals surface area contributed by atoms with Gasteiger partial charge in [0.25, 0.3) is 5.91 Å². The first-order chi connectivity index (χ1) is 12.2. The van der Waals surface area contributed by atoms with Crippen molar-refractivity contribution in [3.8, 4) is 11.5 Å². The number of benzene rings is 1. The van der Waals surface area contributed by atoms with Gasteiger partial charge in [0.05, 0.1) is 33.2 Å². The smallest absolute Gasteiger partial charge is 0.271 e. The Balaban J connectivity index is 1.92. The monoisotopic (exact) mass is 346 g/mol. The predicted molar refractivity (Wildman–Crippen MR) is 93.1 cm³/mol. The van der Waals surface area contributed by atoms with Crippen LogP contribution in [0, 0.1) is 0 Å². The average Bonchev–Trinajstić information content (AvgIpc) is 2.66. The van der Waals surface area contributed by atoms with Crippen molar-refractivity contribution in [1.82, 2.24) is 15.3 Å². The molecular weight excluding hydrogens is 324 g/mol. The van der Waals surface area contributed by atoms with Gasteiger partial charge in [0.1, 0.15) is 11.5 Å². The molecule has 1 aromatic heterocycles. The van der Waals surface area contributed by atoms with E-state index in [2.05, 4.69) is 20.6 Å². The fourth-order valence-corrected chi connectivity index (χ4v) is 2.08. The number of aromatic nitrogens is 2. The summed E-state index contributed by atoms with van der Waals surface area (Å²) in [5, 5.41) is 5.83. The number of anilines is 1. The Morgan fingerprint density at radius 2 is 1.88 bits per heavy atom. The molecule has 0 radical (unpaired) electrons. The van der Waals surface area contributed by atoms with Crippen molar-refractivity contribution < 1.29 is 19.0 Å². The summed E-state index contributed by atoms with van der Waals surface area (Å²) in [7, 11) is 4.76. The van der Waals surface area contributed by atoms with Crippen LogP contribution in [0.1, 0.15) is 16.1 Å². The molecule has 0 fully saturated rings. The Morgan fingerprint density at radius 3 is 2.52 bits per heavy atom. The van der Waals surface area contributed by atoms with Crippen LogP contribution in [0.2, 0.25) is 0 Å². The number of carbonyl (C=O) groups is 1. The molecule has 8 heteroatoms. The summed E-state index contributed by atoms with van der Waals surface area (Å²) >= 11 is 0. The minimum Gasteiger partial charge on any atom is -0.493 e. The molecule has 25 heavy (non-hydrogen) atoms. The lowest BCUT2D eigenvalue weighted by molar-refractivity contribution is 0.0932. The maximum atomic E-state index is 11.8. The minimum absolute atomic E-state index is 0.257. The topological polar surface area (TPSA) is 94.6 Å². The summed E-state index contributed by atoms with van der Waals surface area (Å²) < 4.78 is 15.4. The van der Waals surface area contributed by atoms with Crippen molar-refractivity contribution in [3.05, 3.63) is 41.9 Å². The third-order valence-corrected chi connectivity index (χ3v) is 3.40. The van der Waals surface area contributed by atoms with E-state index in [1.807, 2.05) is 18.2 Å². The van der Waals surface area contributed by atoms with Gasteiger partial charge in [-0.25, -0.2) is 9.97 Å². The second-order valence-electron chi connectivity index (χ2n) is 5.08. The van der Waals surface area contributed by atoms with Crippen LogP contribution in [0.5, 0.6) is 11.5 Å². The molecule has 1 heterocycles. The first-order valence-electron chi connectivity index (χ1n) is 7.72. The number of nitrogens with zero attached hydrogens (tertiary/aromatic N) is 2. The molecule has 0 spiro atoms. The van der Waals surface area contributed by atoms with Gasteiger partial charge in [0, 0.05) is 20.2 Å². The minimum atomic E-state index is -0.281. The first kappa shape index (κ1) is 18.5. The zero-order valence-corrected chi connectivity index (χ0v) is 14.5. The van der Waals surface area contributed by atoms with Gasteiger partial charge >= 0.3 is 0 Å². The Hall–Kier alpha value is -2.87. The van der Waals surface area contributed by atoms with Gasteiger partial charge in [0.15, 0.2) is 11.5 Å². The lowest BCUT2D eigenvalue weighted by Gasteiger charge is -2.10. The number of carbonyl (C=O) groups excluding carboxylic acids is 1. The number of hydrogen-bond donors (Lipinski definition) is 2. The summed E-state index contributed by atoms with van der Waals surface area (Å²) in [5.41, 5.74) is 1.26. The molecule has 1 amide bonds. The molecule has 2 aromatic rings. The second kappa shape index (κ2) is 9.43. The van der Waals surface area contributed by atoms with E-state index in [-0.39, 0.29) is 11.6 Å². The Bertz CT molecular complexity index is 692. The van der Waals surface area contributed by atoms with E-state index in [0.717, 1.165) is 5.56 Å². The van der Waals surface area contributed by atoms with Crippen LogP contribution in [0.15, 0.2) is 30.6 Å². The molecule has 0 aliphatic rings. The third-order valence-electron chi connectivity index (χ3n) is 3.40. The molecule has 0 atom stereocenters. The summed E-state index contributed by atoms with van der Waals surface area (Å²) in [5.74, 6) is 1.63. The van der Waals surface area contributed by atoms with Crippen molar-refractivity contribution >= 4 is 11.7 Å². The van der Waals surface area contributed by atoms with Crippen molar-refractivity contribution in [2.24, 2.45) is 0 Å². The van der Waals surface area contributed by atoms with Crippen LogP contribution >= 0.6 is 0 Å². The van der Waals surface area contributed by atoms with Crippen molar-refractivity contribution in [3.63, 3.8) is 0 Å². The molecule has 0 saturated carbocycles. The highest BCUT2D eigenvalue weighted by molar-refractivity contribution is 5.91. The Morgan fingerprint density at radius 1 is 1.08 bits per heavy atom. The van der Waals surface area contributed by atoms with Crippen LogP contribution < -0.4 is 20.1 Å². The normalized spacial score (nSPS) is 10.2. The lowest BCUT2D eigenvalue weighted by atomic mass is 10.2. The lowest BCUT2D eigenvalue weighted by Crippen LogP contribution is -2.27. The molecule has 1 aromatic carbocycles. The maximum absolute atomic E-state index is 11.8. The number of ether oxygens (including phenoxy) is 3. The van der Waals surface area contributed by atoms with Gasteiger partial charge in [-0.2, -0.15) is 0 Å². The van der Waals surface area contributed by atoms with Gasteiger partial charge < -0.3 is 24.8 Å². The Kier molecular flexibility index (Phi) is 6.97. The zero-order valence-electron chi connectivity index (χ0n) is 14.5. The van der Waals surface area contributed by atoms with Crippen molar-refractivity contribution in [2.45, 2.75) is 6.54 Å². The van der Waals surface area contributed by atoms with E-state index in [1.54, 1.807) is 21.3 Å². The van der Waals surface area contributed by atoms with Gasteiger partial charge in [-0.15, -0.1) is 0 Å². The van der Waals surface area contributed by atoms with E-state index in [1.165, 1.54) is 12.4 Å². The van der Waals surface area contributed by atoms with Gasteiger partial charge in [-0.1, -0.05) is 6.07 Å². The van der Waals surface area contributed by atoms with E-state index >= 15 is 0 Å². The fourth-order valence-electron chi connectivity index (χ4n) is 2.08. The summed E-state index contributed by atoms with van der Waals surface area (Å²) in [6.07, 6.45) is 2.95. The highest BCUT2D eigenvalue weighted by Gasteiger charge is 2.08. The predicted octanol–water partition coefficient (Wildman–Crippen LogP) is 1.48. The summed E-state index contributed by atoms with van der Waals surface area (Å²) in [6.45, 7) is 1.41. The van der Waals surface area contributed by atoms with Crippen molar-refractivity contribution in [2.75, 3.05) is 39.8 Å². The van der Waals surface area contributed by atoms with E-state index in [9.17, 15) is 4.79 Å². The number of nitrogens with one attached hydrogen (secondary N) is 2. The van der Waals surface area contributed by atoms with Crippen LogP contribution in [0.4, 0.5) is 5.82 Å². The van der Waals surface area contributed by atoms with Crippen LogP contribution in [-0.2, 0) is 11.3 Å².